The van der Waals surface area contributed by atoms with Gasteiger partial charge in [-0.25, -0.2) is 4.98 Å². The smallest absolute Gasteiger partial charge is 0.306 e. The zero-order valence-corrected chi connectivity index (χ0v) is 17.5. The summed E-state index contributed by atoms with van der Waals surface area (Å²) in [4.78, 5) is 20.0. The van der Waals surface area contributed by atoms with Crippen LogP contribution in [0.15, 0.2) is 30.5 Å². The molecule has 4 rings (SSSR count). The number of carboxylic acid groups (broad SMARTS) is 1. The fourth-order valence-corrected chi connectivity index (χ4v) is 3.59. The molecule has 2 atom stereocenters. The van der Waals surface area contributed by atoms with Crippen molar-refractivity contribution in [1.82, 2.24) is 25.0 Å². The van der Waals surface area contributed by atoms with E-state index in [2.05, 4.69) is 25.6 Å². The Balaban J connectivity index is 1.47. The Bertz CT molecular complexity index is 1060. The third-order valence-corrected chi connectivity index (χ3v) is 5.37. The predicted octanol–water partition coefficient (Wildman–Crippen LogP) is 2.42. The molecule has 1 aromatic carbocycles. The van der Waals surface area contributed by atoms with Crippen molar-refractivity contribution in [2.24, 2.45) is 5.92 Å². The van der Waals surface area contributed by atoms with Crippen LogP contribution in [-0.4, -0.2) is 59.4 Å². The van der Waals surface area contributed by atoms with Crippen molar-refractivity contribution in [3.63, 3.8) is 0 Å². The summed E-state index contributed by atoms with van der Waals surface area (Å²) in [6.45, 7) is 3.91. The number of hydrogen-bond donors (Lipinski definition) is 3. The first kappa shape index (κ1) is 21.0. The molecule has 3 aromatic rings. The Labute approximate surface area is 179 Å². The number of nitrogens with one attached hydrogen (secondary N) is 1. The summed E-state index contributed by atoms with van der Waals surface area (Å²) < 4.78 is 7.30. The highest BCUT2D eigenvalue weighted by molar-refractivity contribution is 5.72. The minimum atomic E-state index is -0.766. The predicted molar refractivity (Wildman–Crippen MR) is 113 cm³/mol. The lowest BCUT2D eigenvalue weighted by molar-refractivity contribution is -0.141. The second-order valence-electron chi connectivity index (χ2n) is 8.50. The molecule has 1 aliphatic carbocycles. The second kappa shape index (κ2) is 8.46. The van der Waals surface area contributed by atoms with E-state index < -0.39 is 11.6 Å². The number of carbonyl (C=O) groups is 1. The topological polar surface area (TPSA) is 135 Å². The molecule has 0 spiro atoms. The van der Waals surface area contributed by atoms with Gasteiger partial charge in [0, 0.05) is 12.5 Å². The molecule has 1 fully saturated rings. The molecule has 0 aliphatic heterocycles. The number of aliphatic hydroxyl groups is 1. The zero-order chi connectivity index (χ0) is 22.0. The lowest BCUT2D eigenvalue weighted by Gasteiger charge is -2.17. The number of aromatic nitrogens is 5. The van der Waals surface area contributed by atoms with Crippen LogP contribution in [0.1, 0.15) is 39.5 Å². The highest BCUT2D eigenvalue weighted by atomic mass is 16.5. The molecule has 0 amide bonds. The SMILES string of the molecule is CC(C)(O)CCOc1ccc(-n2nnc3cnc(N[C@@H]4CC[C@@H](C(=O)O)C4)nc32)cc1. The number of anilines is 1. The number of hydrogen-bond acceptors (Lipinski definition) is 8. The van der Waals surface area contributed by atoms with Crippen LogP contribution in [0.3, 0.4) is 0 Å². The molecule has 0 radical (unpaired) electrons. The van der Waals surface area contributed by atoms with Crippen molar-refractivity contribution in [2.45, 2.75) is 51.2 Å². The number of ether oxygens (including phenoxy) is 1. The lowest BCUT2D eigenvalue weighted by Crippen LogP contribution is -2.21. The van der Waals surface area contributed by atoms with Crippen molar-refractivity contribution >= 4 is 23.1 Å². The Morgan fingerprint density at radius 3 is 2.74 bits per heavy atom. The van der Waals surface area contributed by atoms with Crippen molar-refractivity contribution in [3.05, 3.63) is 30.5 Å². The van der Waals surface area contributed by atoms with Crippen LogP contribution in [-0.2, 0) is 4.79 Å². The van der Waals surface area contributed by atoms with Gasteiger partial charge in [-0.3, -0.25) is 4.79 Å². The minimum Gasteiger partial charge on any atom is -0.493 e. The Morgan fingerprint density at radius 1 is 1.29 bits per heavy atom. The van der Waals surface area contributed by atoms with Crippen LogP contribution < -0.4 is 10.1 Å². The van der Waals surface area contributed by atoms with Gasteiger partial charge in [-0.05, 0) is 57.4 Å². The maximum absolute atomic E-state index is 11.2. The lowest BCUT2D eigenvalue weighted by atomic mass is 10.1. The minimum absolute atomic E-state index is 0.0308. The van der Waals surface area contributed by atoms with Crippen LogP contribution in [0.25, 0.3) is 16.9 Å². The standard InChI is InChI=1S/C21H26N6O4/c1-21(2,30)9-10-31-16-7-5-15(6-8-16)27-18-17(25-26-27)12-22-20(24-18)23-14-4-3-13(11-14)19(28)29/h5-8,12-14,30H,3-4,9-11H2,1-2H3,(H,28,29)(H,22,23,24)/t13-,14-/m1/s1. The highest BCUT2D eigenvalue weighted by Gasteiger charge is 2.30. The highest BCUT2D eigenvalue weighted by Crippen LogP contribution is 2.28. The van der Waals surface area contributed by atoms with Crippen LogP contribution in [0.5, 0.6) is 5.75 Å². The van der Waals surface area contributed by atoms with Crippen LogP contribution in [0, 0.1) is 5.92 Å². The number of carboxylic acids is 1. The number of fused-ring (bicyclic) bond motifs is 1. The molecule has 10 nitrogen and oxygen atoms in total. The molecule has 0 unspecified atom stereocenters. The monoisotopic (exact) mass is 426 g/mol. The van der Waals surface area contributed by atoms with Gasteiger partial charge in [0.05, 0.1) is 30.0 Å². The fourth-order valence-electron chi connectivity index (χ4n) is 3.59. The molecule has 2 heterocycles. The van der Waals surface area contributed by atoms with E-state index in [1.807, 2.05) is 24.3 Å². The molecule has 31 heavy (non-hydrogen) atoms. The summed E-state index contributed by atoms with van der Waals surface area (Å²) in [6.07, 6.45) is 4.11. The van der Waals surface area contributed by atoms with E-state index in [0.29, 0.717) is 48.7 Å². The van der Waals surface area contributed by atoms with Crippen molar-refractivity contribution in [1.29, 1.82) is 0 Å². The Hall–Kier alpha value is -3.27. The van der Waals surface area contributed by atoms with E-state index in [1.54, 1.807) is 24.7 Å². The summed E-state index contributed by atoms with van der Waals surface area (Å²) in [5, 5.41) is 30.5. The van der Waals surface area contributed by atoms with Gasteiger partial charge in [0.25, 0.3) is 0 Å². The van der Waals surface area contributed by atoms with Gasteiger partial charge >= 0.3 is 5.97 Å². The molecule has 164 valence electrons. The average Bonchev–Trinajstić information content (AvgIpc) is 3.35. The Kier molecular flexibility index (Phi) is 5.73. The van der Waals surface area contributed by atoms with E-state index in [-0.39, 0.29) is 12.0 Å². The fraction of sp³-hybridized carbons (Fsp3) is 0.476. The summed E-state index contributed by atoms with van der Waals surface area (Å²) in [5.74, 6) is 0.0512. The molecule has 2 aromatic heterocycles. The summed E-state index contributed by atoms with van der Waals surface area (Å²) in [5.41, 5.74) is 1.12. The largest absolute Gasteiger partial charge is 0.493 e. The van der Waals surface area contributed by atoms with Gasteiger partial charge in [0.2, 0.25) is 5.95 Å². The summed E-state index contributed by atoms with van der Waals surface area (Å²) in [7, 11) is 0. The number of benzene rings is 1. The van der Waals surface area contributed by atoms with Crippen LogP contribution in [0.2, 0.25) is 0 Å². The van der Waals surface area contributed by atoms with Crippen molar-refractivity contribution in [2.75, 3.05) is 11.9 Å². The molecule has 1 aliphatic rings. The van der Waals surface area contributed by atoms with Gasteiger partial charge in [0.1, 0.15) is 5.75 Å². The molecule has 0 saturated heterocycles. The average molecular weight is 426 g/mol. The third-order valence-electron chi connectivity index (χ3n) is 5.37. The first-order valence-electron chi connectivity index (χ1n) is 10.3. The number of rotatable bonds is 8. The normalized spacial score (nSPS) is 18.9. The molecule has 1 saturated carbocycles. The van der Waals surface area contributed by atoms with E-state index in [0.717, 1.165) is 12.1 Å². The van der Waals surface area contributed by atoms with Gasteiger partial charge in [-0.1, -0.05) is 5.21 Å². The van der Waals surface area contributed by atoms with Crippen molar-refractivity contribution < 1.29 is 19.7 Å². The maximum Gasteiger partial charge on any atom is 0.306 e. The molecular formula is C21H26N6O4. The zero-order valence-electron chi connectivity index (χ0n) is 17.5. The molecular weight excluding hydrogens is 400 g/mol. The van der Waals surface area contributed by atoms with Gasteiger partial charge in [0.15, 0.2) is 11.2 Å². The van der Waals surface area contributed by atoms with E-state index in [9.17, 15) is 15.0 Å². The van der Waals surface area contributed by atoms with E-state index >= 15 is 0 Å². The van der Waals surface area contributed by atoms with Gasteiger partial charge in [-0.15, -0.1) is 5.10 Å². The quantitative estimate of drug-likeness (QED) is 0.496. The summed E-state index contributed by atoms with van der Waals surface area (Å²) in [6, 6.07) is 7.41. The molecule has 10 heteroatoms. The van der Waals surface area contributed by atoms with E-state index in [4.69, 9.17) is 4.74 Å². The van der Waals surface area contributed by atoms with Crippen LogP contribution >= 0.6 is 0 Å². The van der Waals surface area contributed by atoms with Gasteiger partial charge in [-0.2, -0.15) is 9.67 Å². The van der Waals surface area contributed by atoms with E-state index in [1.165, 1.54) is 0 Å². The second-order valence-corrected chi connectivity index (χ2v) is 8.50. The molecule has 0 bridgehead atoms. The van der Waals surface area contributed by atoms with Crippen LogP contribution in [0.4, 0.5) is 5.95 Å². The van der Waals surface area contributed by atoms with Gasteiger partial charge < -0.3 is 20.3 Å². The number of nitrogens with zero attached hydrogens (tertiary/aromatic N) is 5. The first-order valence-corrected chi connectivity index (χ1v) is 10.3. The summed E-state index contributed by atoms with van der Waals surface area (Å²) >= 11 is 0. The van der Waals surface area contributed by atoms with Crippen molar-refractivity contribution in [3.8, 4) is 11.4 Å². The maximum atomic E-state index is 11.2. The Morgan fingerprint density at radius 2 is 2.06 bits per heavy atom. The number of aliphatic carboxylic acids is 1. The first-order chi connectivity index (χ1) is 14.8. The molecule has 3 N–H and O–H groups in total. The third kappa shape index (κ3) is 5.08.